The van der Waals surface area contributed by atoms with Crippen molar-refractivity contribution in [3.8, 4) is 0 Å². The second-order valence-electron chi connectivity index (χ2n) is 5.65. The minimum atomic E-state index is -0.254. The van der Waals surface area contributed by atoms with Gasteiger partial charge in [-0.3, -0.25) is 0 Å². The standard InChI is InChI=1S/C17H16Cl3N3O/c18-11-2-4-12(5-3-11)22-17(24)23-16-9-21-8-13(16)10-1-6-14(19)15(20)7-10/h1-7,13,16,21H,8-9H2,(H2,22,23,24)/t13-,16-/m1/s1. The van der Waals surface area contributed by atoms with Crippen LogP contribution in [0.3, 0.4) is 0 Å². The number of anilines is 1. The molecular formula is C17H16Cl3N3O. The highest BCUT2D eigenvalue weighted by molar-refractivity contribution is 6.42. The quantitative estimate of drug-likeness (QED) is 0.728. The summed E-state index contributed by atoms with van der Waals surface area (Å²) in [6.07, 6.45) is 0. The molecule has 7 heteroatoms. The SMILES string of the molecule is O=C(Nc1ccc(Cl)cc1)N[C@@H]1CNC[C@@H]1c1ccc(Cl)c(Cl)c1. The summed E-state index contributed by atoms with van der Waals surface area (Å²) in [6, 6.07) is 12.3. The Hall–Kier alpha value is -1.46. The summed E-state index contributed by atoms with van der Waals surface area (Å²) in [5.41, 5.74) is 1.74. The van der Waals surface area contributed by atoms with E-state index in [2.05, 4.69) is 16.0 Å². The van der Waals surface area contributed by atoms with Gasteiger partial charge < -0.3 is 16.0 Å². The predicted octanol–water partition coefficient (Wildman–Crippen LogP) is 4.52. The van der Waals surface area contributed by atoms with Gasteiger partial charge in [-0.25, -0.2) is 4.79 Å². The molecule has 3 N–H and O–H groups in total. The molecule has 0 saturated carbocycles. The summed E-state index contributed by atoms with van der Waals surface area (Å²) in [4.78, 5) is 12.2. The minimum Gasteiger partial charge on any atom is -0.333 e. The fourth-order valence-corrected chi connectivity index (χ4v) is 3.22. The molecule has 0 bridgehead atoms. The van der Waals surface area contributed by atoms with Crippen molar-refractivity contribution in [2.75, 3.05) is 18.4 Å². The van der Waals surface area contributed by atoms with E-state index in [0.29, 0.717) is 27.3 Å². The third-order valence-electron chi connectivity index (χ3n) is 4.00. The Morgan fingerprint density at radius 2 is 1.75 bits per heavy atom. The van der Waals surface area contributed by atoms with E-state index in [1.54, 1.807) is 30.3 Å². The molecule has 2 atom stereocenters. The van der Waals surface area contributed by atoms with Crippen LogP contribution in [0.2, 0.25) is 15.1 Å². The molecule has 1 saturated heterocycles. The van der Waals surface area contributed by atoms with Crippen LogP contribution in [0, 0.1) is 0 Å². The lowest BCUT2D eigenvalue weighted by Crippen LogP contribution is -2.41. The molecule has 4 nitrogen and oxygen atoms in total. The van der Waals surface area contributed by atoms with Crippen LogP contribution < -0.4 is 16.0 Å². The average Bonchev–Trinajstić information content (AvgIpc) is 3.00. The molecule has 126 valence electrons. The highest BCUT2D eigenvalue weighted by Gasteiger charge is 2.30. The van der Waals surface area contributed by atoms with Gasteiger partial charge in [0.1, 0.15) is 0 Å². The fourth-order valence-electron chi connectivity index (χ4n) is 2.79. The summed E-state index contributed by atoms with van der Waals surface area (Å²) in [5.74, 6) is 0.135. The fraction of sp³-hybridized carbons (Fsp3) is 0.235. The third-order valence-corrected chi connectivity index (χ3v) is 5.00. The van der Waals surface area contributed by atoms with E-state index in [-0.39, 0.29) is 18.0 Å². The van der Waals surface area contributed by atoms with Crippen molar-refractivity contribution in [2.45, 2.75) is 12.0 Å². The Kier molecular flexibility index (Phi) is 5.51. The maximum absolute atomic E-state index is 12.2. The normalized spacial score (nSPS) is 20.0. The Bertz CT molecular complexity index is 736. The second kappa shape index (κ2) is 7.62. The molecule has 1 aliphatic heterocycles. The second-order valence-corrected chi connectivity index (χ2v) is 6.90. The molecule has 0 unspecified atom stereocenters. The van der Waals surface area contributed by atoms with Gasteiger partial charge in [0.2, 0.25) is 0 Å². The van der Waals surface area contributed by atoms with Crippen molar-refractivity contribution in [2.24, 2.45) is 0 Å². The molecule has 3 rings (SSSR count). The molecular weight excluding hydrogens is 369 g/mol. The van der Waals surface area contributed by atoms with E-state index in [1.165, 1.54) is 0 Å². The van der Waals surface area contributed by atoms with E-state index in [1.807, 2.05) is 12.1 Å². The van der Waals surface area contributed by atoms with Gasteiger partial charge in [-0.1, -0.05) is 40.9 Å². The molecule has 0 aliphatic carbocycles. The first-order valence-corrected chi connectivity index (χ1v) is 8.65. The van der Waals surface area contributed by atoms with Gasteiger partial charge in [0.15, 0.2) is 0 Å². The van der Waals surface area contributed by atoms with Crippen LogP contribution >= 0.6 is 34.8 Å². The van der Waals surface area contributed by atoms with Gasteiger partial charge in [0.25, 0.3) is 0 Å². The van der Waals surface area contributed by atoms with Gasteiger partial charge in [0.05, 0.1) is 16.1 Å². The summed E-state index contributed by atoms with van der Waals surface area (Å²) >= 11 is 17.9. The van der Waals surface area contributed by atoms with Crippen LogP contribution in [0.5, 0.6) is 0 Å². The van der Waals surface area contributed by atoms with Crippen molar-refractivity contribution < 1.29 is 4.79 Å². The number of rotatable bonds is 3. The molecule has 2 aromatic carbocycles. The smallest absolute Gasteiger partial charge is 0.319 e. The summed E-state index contributed by atoms with van der Waals surface area (Å²) < 4.78 is 0. The van der Waals surface area contributed by atoms with E-state index >= 15 is 0 Å². The van der Waals surface area contributed by atoms with Crippen molar-refractivity contribution in [1.82, 2.24) is 10.6 Å². The van der Waals surface area contributed by atoms with E-state index < -0.39 is 0 Å². The van der Waals surface area contributed by atoms with Crippen LogP contribution in [0.25, 0.3) is 0 Å². The Morgan fingerprint density at radius 1 is 1.00 bits per heavy atom. The number of hydrogen-bond acceptors (Lipinski definition) is 2. The number of amides is 2. The number of halogens is 3. The average molecular weight is 385 g/mol. The predicted molar refractivity (Wildman–Crippen MR) is 99.5 cm³/mol. The molecule has 1 heterocycles. The van der Waals surface area contributed by atoms with Gasteiger partial charge in [0, 0.05) is 29.7 Å². The number of hydrogen-bond donors (Lipinski definition) is 3. The number of carbonyl (C=O) groups is 1. The molecule has 24 heavy (non-hydrogen) atoms. The lowest BCUT2D eigenvalue weighted by Gasteiger charge is -2.21. The molecule has 1 aliphatic rings. The largest absolute Gasteiger partial charge is 0.333 e. The number of carbonyl (C=O) groups excluding carboxylic acids is 1. The lowest BCUT2D eigenvalue weighted by atomic mass is 9.94. The minimum absolute atomic E-state index is 0.0328. The topological polar surface area (TPSA) is 53.2 Å². The first-order valence-electron chi connectivity index (χ1n) is 7.51. The molecule has 0 aromatic heterocycles. The van der Waals surface area contributed by atoms with Crippen LogP contribution in [0.4, 0.5) is 10.5 Å². The molecule has 1 fully saturated rings. The molecule has 0 spiro atoms. The zero-order valence-electron chi connectivity index (χ0n) is 12.7. The number of urea groups is 1. The third kappa shape index (κ3) is 4.14. The maximum Gasteiger partial charge on any atom is 0.319 e. The highest BCUT2D eigenvalue weighted by Crippen LogP contribution is 2.29. The van der Waals surface area contributed by atoms with E-state index in [4.69, 9.17) is 34.8 Å². The zero-order valence-corrected chi connectivity index (χ0v) is 14.9. The van der Waals surface area contributed by atoms with Crippen LogP contribution in [0.1, 0.15) is 11.5 Å². The van der Waals surface area contributed by atoms with Gasteiger partial charge in [-0.2, -0.15) is 0 Å². The number of nitrogens with one attached hydrogen (secondary N) is 3. The van der Waals surface area contributed by atoms with Crippen molar-refractivity contribution in [1.29, 1.82) is 0 Å². The van der Waals surface area contributed by atoms with Crippen molar-refractivity contribution >= 4 is 46.5 Å². The Balaban J connectivity index is 1.65. The summed E-state index contributed by atoms with van der Waals surface area (Å²) in [6.45, 7) is 1.46. The summed E-state index contributed by atoms with van der Waals surface area (Å²) in [5, 5.41) is 10.8. The van der Waals surface area contributed by atoms with Crippen molar-refractivity contribution in [3.05, 3.63) is 63.1 Å². The highest BCUT2D eigenvalue weighted by atomic mass is 35.5. The molecule has 2 aromatic rings. The summed E-state index contributed by atoms with van der Waals surface area (Å²) in [7, 11) is 0. The van der Waals surface area contributed by atoms with Crippen LogP contribution in [-0.2, 0) is 0 Å². The first-order chi connectivity index (χ1) is 11.5. The van der Waals surface area contributed by atoms with Gasteiger partial charge in [-0.15, -0.1) is 0 Å². The maximum atomic E-state index is 12.2. The van der Waals surface area contributed by atoms with E-state index in [0.717, 1.165) is 12.1 Å². The zero-order chi connectivity index (χ0) is 17.1. The van der Waals surface area contributed by atoms with Gasteiger partial charge >= 0.3 is 6.03 Å². The molecule has 2 amide bonds. The van der Waals surface area contributed by atoms with Crippen molar-refractivity contribution in [3.63, 3.8) is 0 Å². The monoisotopic (exact) mass is 383 g/mol. The van der Waals surface area contributed by atoms with Crippen LogP contribution in [0.15, 0.2) is 42.5 Å². The molecule has 0 radical (unpaired) electrons. The van der Waals surface area contributed by atoms with Crippen LogP contribution in [-0.4, -0.2) is 25.2 Å². The Morgan fingerprint density at radius 3 is 2.46 bits per heavy atom. The Labute approximate surface area is 155 Å². The first kappa shape index (κ1) is 17.4. The number of benzene rings is 2. The van der Waals surface area contributed by atoms with Gasteiger partial charge in [-0.05, 0) is 42.0 Å². The van der Waals surface area contributed by atoms with E-state index in [9.17, 15) is 4.79 Å². The lowest BCUT2D eigenvalue weighted by molar-refractivity contribution is 0.248.